The van der Waals surface area contributed by atoms with Gasteiger partial charge < -0.3 is 35.4 Å². The number of β-amino-alcohol motifs (C(OH)–C–C–N with tert-alkyl or cyclic N) is 2. The number of hydrogen-bond donors (Lipinski definition) is 5. The summed E-state index contributed by atoms with van der Waals surface area (Å²) in [6, 6.07) is 9.28. The molecule has 0 bridgehead atoms. The number of benzene rings is 1. The fourth-order valence-corrected chi connectivity index (χ4v) is 2.89. The molecule has 2 fully saturated rings. The highest BCUT2D eigenvalue weighted by molar-refractivity contribution is 5.68. The van der Waals surface area contributed by atoms with Crippen LogP contribution in [0, 0.1) is 0 Å². The SMILES string of the molecule is O=C(OCc1ccccc1)N1C[C@H](O)C[C@H]1CO.[2H]C[C@@H]1C[C@@H](O)CN1.[3H]OC. The molecule has 2 saturated heterocycles. The summed E-state index contributed by atoms with van der Waals surface area (Å²) in [6.07, 6.45) is -0.119. The van der Waals surface area contributed by atoms with Crippen molar-refractivity contribution in [2.75, 3.05) is 26.8 Å². The number of hydrogen-bond acceptors (Lipinski definition) is 7. The second-order valence-corrected chi connectivity index (χ2v) is 6.41. The maximum absolute atomic E-state index is 11.8. The molecule has 5 N–H and O–H groups in total. The van der Waals surface area contributed by atoms with Crippen molar-refractivity contribution < 1.29 is 31.3 Å². The Kier molecular flexibility index (Phi) is 9.38. The monoisotopic (exact) mass is 387 g/mol. The smallest absolute Gasteiger partial charge is 0.410 e. The van der Waals surface area contributed by atoms with Crippen molar-refractivity contribution in [2.24, 2.45) is 0 Å². The van der Waals surface area contributed by atoms with Crippen molar-refractivity contribution in [3.05, 3.63) is 35.9 Å². The van der Waals surface area contributed by atoms with Crippen molar-refractivity contribution in [3.63, 3.8) is 0 Å². The summed E-state index contributed by atoms with van der Waals surface area (Å²) in [5.41, 5.74) is 0.908. The molecule has 27 heavy (non-hydrogen) atoms. The maximum Gasteiger partial charge on any atom is 0.410 e. The van der Waals surface area contributed by atoms with Gasteiger partial charge in [0.1, 0.15) is 6.61 Å². The van der Waals surface area contributed by atoms with Gasteiger partial charge in [-0.15, -0.1) is 0 Å². The molecule has 154 valence electrons. The Morgan fingerprint density at radius 2 is 2.07 bits per heavy atom. The molecule has 0 spiro atoms. The third kappa shape index (κ3) is 8.23. The summed E-state index contributed by atoms with van der Waals surface area (Å²) in [7, 11) is 1.29. The van der Waals surface area contributed by atoms with Crippen LogP contribution in [0.5, 0.6) is 0 Å². The molecule has 4 atom stereocenters. The van der Waals surface area contributed by atoms with Gasteiger partial charge >= 0.3 is 6.09 Å². The van der Waals surface area contributed by atoms with Crippen molar-refractivity contribution in [1.29, 1.82) is 1.43 Å². The second kappa shape index (κ2) is 12.6. The first-order valence-corrected chi connectivity index (χ1v) is 8.91. The Labute approximate surface area is 163 Å². The number of ether oxygens (including phenoxy) is 1. The van der Waals surface area contributed by atoms with Crippen molar-refractivity contribution in [1.82, 2.24) is 10.2 Å². The summed E-state index contributed by atoms with van der Waals surface area (Å²) in [6.45, 7) is 1.32. The molecule has 2 aliphatic rings. The Balaban J connectivity index is 0.000000317. The van der Waals surface area contributed by atoms with Gasteiger partial charge in [-0.05, 0) is 25.3 Å². The highest BCUT2D eigenvalue weighted by atomic mass is 16.6. The fourth-order valence-electron chi connectivity index (χ4n) is 2.89. The third-order valence-electron chi connectivity index (χ3n) is 4.24. The van der Waals surface area contributed by atoms with E-state index in [0.717, 1.165) is 12.0 Å². The molecule has 0 radical (unpaired) electrons. The van der Waals surface area contributed by atoms with E-state index < -0.39 is 12.2 Å². The molecule has 1 amide bonds. The molecule has 2 heterocycles. The largest absolute Gasteiger partial charge is 0.445 e. The first-order chi connectivity index (χ1) is 13.9. The zero-order valence-corrected chi connectivity index (χ0v) is 15.7. The standard InChI is InChI=1S/C13H17NO4.C5H11NO.CH4O/c15-8-11-6-12(16)7-14(11)13(17)18-9-10-4-2-1-3-5-10;1-4-2-5(7)3-6-4;1-2/h1-5,11-12,15-16H,6-9H2;4-7H,2-3H2,1H3;2H,1H3/t11-,12+;4-,5-;/m01./s1/i;1D;2T. The van der Waals surface area contributed by atoms with E-state index >= 15 is 0 Å². The highest BCUT2D eigenvalue weighted by Gasteiger charge is 2.34. The Morgan fingerprint density at radius 1 is 1.37 bits per heavy atom. The van der Waals surface area contributed by atoms with Crippen molar-refractivity contribution >= 4 is 6.09 Å². The van der Waals surface area contributed by atoms with E-state index in [-0.39, 0.29) is 37.9 Å². The van der Waals surface area contributed by atoms with Gasteiger partial charge in [-0.1, -0.05) is 30.3 Å². The van der Waals surface area contributed by atoms with Gasteiger partial charge in [0.15, 0.2) is 0 Å². The van der Waals surface area contributed by atoms with Crippen LogP contribution in [-0.2, 0) is 11.3 Å². The fraction of sp³-hybridized carbons (Fsp3) is 0.632. The number of carbonyl (C=O) groups excluding carboxylic acids is 1. The van der Waals surface area contributed by atoms with Crippen molar-refractivity contribution in [3.8, 4) is 0 Å². The van der Waals surface area contributed by atoms with E-state index in [9.17, 15) is 9.90 Å². The zero-order chi connectivity index (χ0) is 21.6. The van der Waals surface area contributed by atoms with Gasteiger partial charge in [0.25, 0.3) is 0 Å². The first kappa shape index (κ1) is 20.0. The van der Waals surface area contributed by atoms with Crippen LogP contribution in [0.3, 0.4) is 0 Å². The lowest BCUT2D eigenvalue weighted by molar-refractivity contribution is 0.0772. The third-order valence-corrected chi connectivity index (χ3v) is 4.24. The van der Waals surface area contributed by atoms with Gasteiger partial charge in [-0.25, -0.2) is 4.79 Å². The minimum absolute atomic E-state index is 0.155. The average molecular weight is 387 g/mol. The summed E-state index contributed by atoms with van der Waals surface area (Å²) in [5, 5.41) is 34.0. The predicted octanol–water partition coefficient (Wildman–Crippen LogP) is 0.0883. The van der Waals surface area contributed by atoms with Gasteiger partial charge in [0.05, 0.1) is 31.4 Å². The van der Waals surface area contributed by atoms with Crippen LogP contribution in [-0.4, -0.2) is 84.0 Å². The van der Waals surface area contributed by atoms with Gasteiger partial charge in [0, 0.05) is 21.1 Å². The molecule has 1 aromatic carbocycles. The number of aliphatic hydroxyl groups excluding tert-OH is 4. The second-order valence-electron chi connectivity index (χ2n) is 6.41. The topological polar surface area (TPSA) is 122 Å². The van der Waals surface area contributed by atoms with Crippen LogP contribution < -0.4 is 5.32 Å². The van der Waals surface area contributed by atoms with E-state index in [1.165, 1.54) is 12.0 Å². The number of carbonyl (C=O) groups is 1. The van der Waals surface area contributed by atoms with Crippen LogP contribution in [0.2, 0.25) is 0 Å². The molecule has 3 rings (SSSR count). The number of rotatable bonds is 3. The zero-order valence-electron chi connectivity index (χ0n) is 17.7. The number of likely N-dealkylation sites (tertiary alicyclic amines) is 1. The summed E-state index contributed by atoms with van der Waals surface area (Å²) < 4.78 is 17.8. The molecule has 2 aliphatic heterocycles. The lowest BCUT2D eigenvalue weighted by Crippen LogP contribution is -2.38. The molecule has 1 aromatic rings. The van der Waals surface area contributed by atoms with Crippen LogP contribution in [0.15, 0.2) is 30.3 Å². The minimum atomic E-state index is -0.577. The minimum Gasteiger partial charge on any atom is -0.445 e. The van der Waals surface area contributed by atoms with E-state index in [1.807, 2.05) is 30.3 Å². The lowest BCUT2D eigenvalue weighted by atomic mass is 10.2. The Hall–Kier alpha value is -1.71. The Bertz CT molecular complexity index is 569. The van der Waals surface area contributed by atoms with Crippen LogP contribution in [0.4, 0.5) is 4.79 Å². The first-order valence-electron chi connectivity index (χ1n) is 10.0. The molecular formula is C19H32N2O6. The summed E-state index contributed by atoms with van der Waals surface area (Å²) >= 11 is 0. The Morgan fingerprint density at radius 3 is 2.59 bits per heavy atom. The van der Waals surface area contributed by atoms with Gasteiger partial charge in [0.2, 0.25) is 1.43 Å². The molecule has 0 aromatic heterocycles. The van der Waals surface area contributed by atoms with E-state index in [4.69, 9.17) is 17.8 Å². The number of nitrogens with one attached hydrogen (secondary N) is 1. The summed E-state index contributed by atoms with van der Waals surface area (Å²) in [5.74, 6) is 0. The van der Waals surface area contributed by atoms with Crippen LogP contribution >= 0.6 is 0 Å². The molecule has 0 aliphatic carbocycles. The van der Waals surface area contributed by atoms with E-state index in [1.54, 1.807) is 0 Å². The van der Waals surface area contributed by atoms with Crippen molar-refractivity contribution in [2.45, 2.75) is 50.6 Å². The normalized spacial score (nSPS) is 27.5. The maximum atomic E-state index is 11.8. The van der Waals surface area contributed by atoms with Gasteiger partial charge in [-0.3, -0.25) is 0 Å². The predicted molar refractivity (Wildman–Crippen MR) is 101 cm³/mol. The molecular weight excluding hydrogens is 352 g/mol. The number of amides is 1. The number of nitrogens with zero attached hydrogens (tertiary/aromatic N) is 1. The molecule has 0 unspecified atom stereocenters. The highest BCUT2D eigenvalue weighted by Crippen LogP contribution is 2.18. The van der Waals surface area contributed by atoms with Crippen LogP contribution in [0.25, 0.3) is 0 Å². The summed E-state index contributed by atoms with van der Waals surface area (Å²) in [4.78, 5) is 13.2. The quantitative estimate of drug-likeness (QED) is 0.498. The average Bonchev–Trinajstić information content (AvgIpc) is 3.33. The molecule has 0 saturated carbocycles. The number of aliphatic hydroxyl groups is 4. The van der Waals surface area contributed by atoms with E-state index in [0.29, 0.717) is 19.9 Å². The molecule has 8 nitrogen and oxygen atoms in total. The van der Waals surface area contributed by atoms with Gasteiger partial charge in [-0.2, -0.15) is 0 Å². The lowest BCUT2D eigenvalue weighted by Gasteiger charge is -2.21. The van der Waals surface area contributed by atoms with E-state index in [2.05, 4.69) is 10.4 Å². The molecule has 8 heteroatoms. The van der Waals surface area contributed by atoms with Crippen LogP contribution in [0.1, 0.15) is 26.7 Å².